The van der Waals surface area contributed by atoms with Crippen molar-refractivity contribution >= 4 is 23.5 Å². The van der Waals surface area contributed by atoms with Crippen molar-refractivity contribution in [3.05, 3.63) is 64.7 Å². The Labute approximate surface area is 178 Å². The Balaban J connectivity index is 1.37. The predicted molar refractivity (Wildman–Crippen MR) is 109 cm³/mol. The maximum Gasteiger partial charge on any atom is 0.317 e. The summed E-state index contributed by atoms with van der Waals surface area (Å²) in [5, 5.41) is 3.25. The second-order valence-electron chi connectivity index (χ2n) is 6.79. The Morgan fingerprint density at radius 1 is 1.03 bits per heavy atom. The quantitative estimate of drug-likeness (QED) is 0.706. The minimum absolute atomic E-state index is 0.0297. The van der Waals surface area contributed by atoms with E-state index in [9.17, 15) is 18.4 Å². The molecule has 0 aliphatic carbocycles. The molecular formula is C21H22ClF2N3O3. The zero-order chi connectivity index (χ0) is 21.5. The van der Waals surface area contributed by atoms with Crippen molar-refractivity contribution in [3.8, 4) is 5.75 Å². The van der Waals surface area contributed by atoms with Crippen LogP contribution in [0.25, 0.3) is 0 Å². The first-order valence-electron chi connectivity index (χ1n) is 9.56. The van der Waals surface area contributed by atoms with Gasteiger partial charge in [0, 0.05) is 37.3 Å². The van der Waals surface area contributed by atoms with Crippen molar-refractivity contribution in [2.24, 2.45) is 0 Å². The Morgan fingerprint density at radius 2 is 1.73 bits per heavy atom. The van der Waals surface area contributed by atoms with Crippen molar-refractivity contribution < 1.29 is 23.1 Å². The number of benzene rings is 2. The number of piperazine rings is 1. The summed E-state index contributed by atoms with van der Waals surface area (Å²) in [6, 6.07) is 9.98. The summed E-state index contributed by atoms with van der Waals surface area (Å²) in [5.74, 6) is -1.58. The molecule has 1 fully saturated rings. The average molecular weight is 438 g/mol. The van der Waals surface area contributed by atoms with E-state index in [-0.39, 0.29) is 37.3 Å². The van der Waals surface area contributed by atoms with Gasteiger partial charge in [-0.15, -0.1) is 0 Å². The van der Waals surface area contributed by atoms with Crippen molar-refractivity contribution in [2.45, 2.75) is 6.42 Å². The Hall–Kier alpha value is -2.87. The van der Waals surface area contributed by atoms with E-state index in [4.69, 9.17) is 16.3 Å². The van der Waals surface area contributed by atoms with Gasteiger partial charge in [0.15, 0.2) is 11.6 Å². The number of nitrogens with zero attached hydrogens (tertiary/aromatic N) is 2. The van der Waals surface area contributed by atoms with Gasteiger partial charge < -0.3 is 19.9 Å². The van der Waals surface area contributed by atoms with E-state index in [1.807, 2.05) is 18.2 Å². The van der Waals surface area contributed by atoms with Gasteiger partial charge in [0.05, 0.1) is 13.0 Å². The first-order chi connectivity index (χ1) is 14.4. The SMILES string of the molecule is O=C(Cc1ccccc1Cl)N1CCN(C(=O)NCCOc2ccc(F)cc2F)CC1. The van der Waals surface area contributed by atoms with Gasteiger partial charge in [0.2, 0.25) is 5.91 Å². The third kappa shape index (κ3) is 5.82. The molecule has 0 radical (unpaired) electrons. The molecule has 0 unspecified atom stereocenters. The minimum atomic E-state index is -0.793. The number of carbonyl (C=O) groups excluding carboxylic acids is 2. The molecule has 0 bridgehead atoms. The second kappa shape index (κ2) is 10.2. The highest BCUT2D eigenvalue weighted by Crippen LogP contribution is 2.18. The van der Waals surface area contributed by atoms with E-state index in [2.05, 4.69) is 5.32 Å². The number of hydrogen-bond acceptors (Lipinski definition) is 3. The van der Waals surface area contributed by atoms with Crippen LogP contribution < -0.4 is 10.1 Å². The largest absolute Gasteiger partial charge is 0.489 e. The molecule has 9 heteroatoms. The molecule has 2 aromatic rings. The van der Waals surface area contributed by atoms with Gasteiger partial charge >= 0.3 is 6.03 Å². The van der Waals surface area contributed by atoms with Crippen LogP contribution in [-0.2, 0) is 11.2 Å². The van der Waals surface area contributed by atoms with Gasteiger partial charge in [-0.1, -0.05) is 29.8 Å². The molecule has 2 aromatic carbocycles. The smallest absolute Gasteiger partial charge is 0.317 e. The highest BCUT2D eigenvalue weighted by molar-refractivity contribution is 6.31. The lowest BCUT2D eigenvalue weighted by molar-refractivity contribution is -0.131. The minimum Gasteiger partial charge on any atom is -0.489 e. The van der Waals surface area contributed by atoms with E-state index >= 15 is 0 Å². The summed E-state index contributed by atoms with van der Waals surface area (Å²) in [4.78, 5) is 28.0. The van der Waals surface area contributed by atoms with Crippen LogP contribution in [0.5, 0.6) is 5.75 Å². The zero-order valence-corrected chi connectivity index (χ0v) is 17.0. The number of hydrogen-bond donors (Lipinski definition) is 1. The molecule has 1 aliphatic rings. The summed E-state index contributed by atoms with van der Waals surface area (Å²) in [5.41, 5.74) is 0.780. The Morgan fingerprint density at radius 3 is 2.43 bits per heavy atom. The summed E-state index contributed by atoms with van der Waals surface area (Å²) in [6.07, 6.45) is 0.225. The van der Waals surface area contributed by atoms with Crippen molar-refractivity contribution in [2.75, 3.05) is 39.3 Å². The number of urea groups is 1. The van der Waals surface area contributed by atoms with Crippen LogP contribution in [0, 0.1) is 11.6 Å². The van der Waals surface area contributed by atoms with Crippen molar-refractivity contribution in [1.82, 2.24) is 15.1 Å². The summed E-state index contributed by atoms with van der Waals surface area (Å²) < 4.78 is 31.6. The van der Waals surface area contributed by atoms with E-state index in [0.717, 1.165) is 17.7 Å². The van der Waals surface area contributed by atoms with Crippen LogP contribution in [0.15, 0.2) is 42.5 Å². The maximum atomic E-state index is 13.5. The highest BCUT2D eigenvalue weighted by Gasteiger charge is 2.24. The van der Waals surface area contributed by atoms with E-state index in [0.29, 0.717) is 31.2 Å². The number of carbonyl (C=O) groups is 2. The van der Waals surface area contributed by atoms with E-state index in [1.54, 1.807) is 15.9 Å². The fourth-order valence-corrected chi connectivity index (χ4v) is 3.30. The maximum absolute atomic E-state index is 13.5. The van der Waals surface area contributed by atoms with Crippen LogP contribution in [0.1, 0.15) is 5.56 Å². The lowest BCUT2D eigenvalue weighted by Gasteiger charge is -2.34. The summed E-state index contributed by atoms with van der Waals surface area (Å²) in [7, 11) is 0. The Bertz CT molecular complexity index is 905. The van der Waals surface area contributed by atoms with Crippen molar-refractivity contribution in [3.63, 3.8) is 0 Å². The first-order valence-corrected chi connectivity index (χ1v) is 9.93. The van der Waals surface area contributed by atoms with Crippen LogP contribution >= 0.6 is 11.6 Å². The number of halogens is 3. The fourth-order valence-electron chi connectivity index (χ4n) is 3.10. The molecule has 1 heterocycles. The normalized spacial score (nSPS) is 13.8. The molecule has 0 spiro atoms. The molecule has 1 N–H and O–H groups in total. The molecule has 0 saturated carbocycles. The zero-order valence-electron chi connectivity index (χ0n) is 16.2. The molecule has 6 nitrogen and oxygen atoms in total. The molecule has 3 amide bonds. The molecule has 30 heavy (non-hydrogen) atoms. The first kappa shape index (κ1) is 21.8. The third-order valence-electron chi connectivity index (χ3n) is 4.75. The lowest BCUT2D eigenvalue weighted by atomic mass is 10.1. The van der Waals surface area contributed by atoms with Crippen LogP contribution in [-0.4, -0.2) is 61.1 Å². The predicted octanol–water partition coefficient (Wildman–Crippen LogP) is 3.09. The third-order valence-corrected chi connectivity index (χ3v) is 5.12. The van der Waals surface area contributed by atoms with Gasteiger partial charge in [-0.2, -0.15) is 0 Å². The van der Waals surface area contributed by atoms with Gasteiger partial charge in [-0.05, 0) is 23.8 Å². The van der Waals surface area contributed by atoms with Gasteiger partial charge in [-0.3, -0.25) is 4.79 Å². The van der Waals surface area contributed by atoms with Crippen LogP contribution in [0.4, 0.5) is 13.6 Å². The molecular weight excluding hydrogens is 416 g/mol. The molecule has 1 aliphatic heterocycles. The molecule has 0 atom stereocenters. The second-order valence-corrected chi connectivity index (χ2v) is 7.20. The van der Waals surface area contributed by atoms with E-state index < -0.39 is 11.6 Å². The standard InChI is InChI=1S/C21H22ClF2N3O3/c22-17-4-2-1-3-15(17)13-20(28)26-8-10-27(11-9-26)21(29)25-7-12-30-19-6-5-16(23)14-18(19)24/h1-6,14H,7-13H2,(H,25,29). The molecule has 160 valence electrons. The highest BCUT2D eigenvalue weighted by atomic mass is 35.5. The van der Waals surface area contributed by atoms with Gasteiger partial charge in [0.25, 0.3) is 0 Å². The Kier molecular flexibility index (Phi) is 7.46. The number of nitrogens with one attached hydrogen (secondary N) is 1. The topological polar surface area (TPSA) is 61.9 Å². The molecule has 0 aromatic heterocycles. The van der Waals surface area contributed by atoms with Gasteiger partial charge in [0.1, 0.15) is 12.4 Å². The van der Waals surface area contributed by atoms with Crippen LogP contribution in [0.2, 0.25) is 5.02 Å². The number of ether oxygens (including phenoxy) is 1. The van der Waals surface area contributed by atoms with Crippen molar-refractivity contribution in [1.29, 1.82) is 0 Å². The lowest BCUT2D eigenvalue weighted by Crippen LogP contribution is -2.53. The monoisotopic (exact) mass is 437 g/mol. The van der Waals surface area contributed by atoms with Crippen LogP contribution in [0.3, 0.4) is 0 Å². The van der Waals surface area contributed by atoms with Gasteiger partial charge in [-0.25, -0.2) is 13.6 Å². The number of amides is 3. The molecule has 1 saturated heterocycles. The van der Waals surface area contributed by atoms with E-state index in [1.165, 1.54) is 6.07 Å². The average Bonchev–Trinajstić information content (AvgIpc) is 2.74. The molecule has 3 rings (SSSR count). The summed E-state index contributed by atoms with van der Waals surface area (Å²) >= 11 is 6.11. The summed E-state index contributed by atoms with van der Waals surface area (Å²) in [6.45, 7) is 1.91. The fraction of sp³-hybridized carbons (Fsp3) is 0.333. The number of rotatable bonds is 6.